The quantitative estimate of drug-likeness (QED) is 0.686. The molecule has 24 heavy (non-hydrogen) atoms. The molecule has 0 aliphatic heterocycles. The fourth-order valence-corrected chi connectivity index (χ4v) is 2.67. The molecule has 0 fully saturated rings. The van der Waals surface area contributed by atoms with Crippen LogP contribution in [0.5, 0.6) is 0 Å². The normalized spacial score (nSPS) is 10.8. The van der Waals surface area contributed by atoms with Gasteiger partial charge in [0, 0.05) is 15.7 Å². The van der Waals surface area contributed by atoms with E-state index >= 15 is 0 Å². The summed E-state index contributed by atoms with van der Waals surface area (Å²) in [6.07, 6.45) is 0. The van der Waals surface area contributed by atoms with E-state index in [-0.39, 0.29) is 12.5 Å². The summed E-state index contributed by atoms with van der Waals surface area (Å²) in [6.45, 7) is 2.13. The van der Waals surface area contributed by atoms with Crippen molar-refractivity contribution >= 4 is 46.2 Å². The van der Waals surface area contributed by atoms with Crippen molar-refractivity contribution in [3.63, 3.8) is 0 Å². The zero-order chi connectivity index (χ0) is 17.1. The lowest BCUT2D eigenvalue weighted by Gasteiger charge is -2.11. The van der Waals surface area contributed by atoms with Crippen molar-refractivity contribution in [1.82, 2.24) is 9.55 Å². The van der Waals surface area contributed by atoms with Crippen LogP contribution in [0, 0.1) is 0 Å². The number of esters is 1. The first-order valence-corrected chi connectivity index (χ1v) is 8.17. The molecule has 0 unspecified atom stereocenters. The van der Waals surface area contributed by atoms with Gasteiger partial charge in [-0.2, -0.15) is 0 Å². The highest BCUT2D eigenvalue weighted by Gasteiger charge is 2.14. The van der Waals surface area contributed by atoms with Crippen LogP contribution in [-0.2, 0) is 9.53 Å². The average molecular weight is 364 g/mol. The van der Waals surface area contributed by atoms with E-state index in [1.165, 1.54) is 0 Å². The number of aromatic nitrogens is 2. The topological polar surface area (TPSA) is 56.1 Å². The van der Waals surface area contributed by atoms with E-state index < -0.39 is 0 Å². The average Bonchev–Trinajstić information content (AvgIpc) is 2.91. The van der Waals surface area contributed by atoms with Crippen LogP contribution >= 0.6 is 23.2 Å². The van der Waals surface area contributed by atoms with Gasteiger partial charge >= 0.3 is 5.97 Å². The molecule has 0 saturated carbocycles. The second-order valence-electron chi connectivity index (χ2n) is 5.04. The van der Waals surface area contributed by atoms with Gasteiger partial charge in [0.05, 0.1) is 17.6 Å². The SMILES string of the molecule is CCOC(=O)CNc1nc2ccc(Cl)cc2n1-c1ccc(Cl)cc1. The van der Waals surface area contributed by atoms with Gasteiger partial charge in [-0.1, -0.05) is 23.2 Å². The first-order chi connectivity index (χ1) is 11.6. The second-order valence-corrected chi connectivity index (χ2v) is 5.91. The Kier molecular flexibility index (Phi) is 4.92. The number of benzene rings is 2. The van der Waals surface area contributed by atoms with Crippen LogP contribution in [0.25, 0.3) is 16.7 Å². The third kappa shape index (κ3) is 3.47. The molecular weight excluding hydrogens is 349 g/mol. The Hall–Kier alpha value is -2.24. The van der Waals surface area contributed by atoms with Crippen LogP contribution in [-0.4, -0.2) is 28.7 Å². The van der Waals surface area contributed by atoms with Gasteiger partial charge in [-0.3, -0.25) is 9.36 Å². The number of hydrogen-bond donors (Lipinski definition) is 1. The molecule has 1 N–H and O–H groups in total. The lowest BCUT2D eigenvalue weighted by Crippen LogP contribution is -2.18. The molecule has 0 aliphatic carbocycles. The summed E-state index contributed by atoms with van der Waals surface area (Å²) in [5.74, 6) is 0.188. The first-order valence-electron chi connectivity index (χ1n) is 7.42. The third-order valence-corrected chi connectivity index (χ3v) is 3.88. The maximum absolute atomic E-state index is 11.6. The summed E-state index contributed by atoms with van der Waals surface area (Å²) in [6, 6.07) is 12.8. The van der Waals surface area contributed by atoms with Crippen LogP contribution in [0.15, 0.2) is 42.5 Å². The molecule has 0 spiro atoms. The summed E-state index contributed by atoms with van der Waals surface area (Å²) in [7, 11) is 0. The predicted molar refractivity (Wildman–Crippen MR) is 96.2 cm³/mol. The third-order valence-electron chi connectivity index (χ3n) is 3.40. The number of fused-ring (bicyclic) bond motifs is 1. The molecule has 1 aromatic heterocycles. The lowest BCUT2D eigenvalue weighted by atomic mass is 10.3. The van der Waals surface area contributed by atoms with E-state index in [1.54, 1.807) is 25.1 Å². The number of carbonyl (C=O) groups is 1. The summed E-state index contributed by atoms with van der Waals surface area (Å²) in [5, 5.41) is 4.27. The van der Waals surface area contributed by atoms with Gasteiger partial charge in [0.25, 0.3) is 0 Å². The highest BCUT2D eigenvalue weighted by Crippen LogP contribution is 2.27. The Bertz CT molecular complexity index is 875. The van der Waals surface area contributed by atoms with Gasteiger partial charge in [0.15, 0.2) is 0 Å². The van der Waals surface area contributed by atoms with Crippen molar-refractivity contribution in [2.75, 3.05) is 18.5 Å². The van der Waals surface area contributed by atoms with Crippen LogP contribution < -0.4 is 5.32 Å². The van der Waals surface area contributed by atoms with E-state index in [4.69, 9.17) is 27.9 Å². The molecular formula is C17H15Cl2N3O2. The number of ether oxygens (including phenoxy) is 1. The van der Waals surface area contributed by atoms with Crippen molar-refractivity contribution in [1.29, 1.82) is 0 Å². The zero-order valence-electron chi connectivity index (χ0n) is 12.9. The molecule has 1 heterocycles. The Morgan fingerprint density at radius 3 is 2.58 bits per heavy atom. The summed E-state index contributed by atoms with van der Waals surface area (Å²) in [5.41, 5.74) is 2.45. The van der Waals surface area contributed by atoms with Gasteiger partial charge in [0.2, 0.25) is 5.95 Å². The maximum atomic E-state index is 11.6. The van der Waals surface area contributed by atoms with Crippen LogP contribution in [0.4, 0.5) is 5.95 Å². The van der Waals surface area contributed by atoms with Gasteiger partial charge in [-0.25, -0.2) is 4.98 Å². The molecule has 5 nitrogen and oxygen atoms in total. The van der Waals surface area contributed by atoms with Crippen molar-refractivity contribution in [2.24, 2.45) is 0 Å². The van der Waals surface area contributed by atoms with Crippen molar-refractivity contribution < 1.29 is 9.53 Å². The summed E-state index contributed by atoms with van der Waals surface area (Å²) in [4.78, 5) is 16.2. The van der Waals surface area contributed by atoms with Crippen LogP contribution in [0.1, 0.15) is 6.92 Å². The minimum Gasteiger partial charge on any atom is -0.465 e. The molecule has 124 valence electrons. The molecule has 3 aromatic rings. The Labute approximate surface area is 149 Å². The number of imidazole rings is 1. The molecule has 0 amide bonds. The minimum absolute atomic E-state index is 0.0263. The molecule has 0 radical (unpaired) electrons. The number of halogens is 2. The van der Waals surface area contributed by atoms with Gasteiger partial charge in [0.1, 0.15) is 6.54 Å². The van der Waals surface area contributed by atoms with Crippen LogP contribution in [0.2, 0.25) is 10.0 Å². The molecule has 7 heteroatoms. The molecule has 0 saturated heterocycles. The van der Waals surface area contributed by atoms with Crippen molar-refractivity contribution in [2.45, 2.75) is 6.92 Å². The molecule has 0 atom stereocenters. The largest absolute Gasteiger partial charge is 0.465 e. The second kappa shape index (κ2) is 7.11. The number of rotatable bonds is 5. The van der Waals surface area contributed by atoms with E-state index in [9.17, 15) is 4.79 Å². The highest BCUT2D eigenvalue weighted by molar-refractivity contribution is 6.31. The Balaban J connectivity index is 2.05. The number of carbonyl (C=O) groups excluding carboxylic acids is 1. The number of anilines is 1. The van der Waals surface area contributed by atoms with E-state index in [0.29, 0.717) is 22.6 Å². The number of hydrogen-bond acceptors (Lipinski definition) is 4. The fourth-order valence-electron chi connectivity index (χ4n) is 2.38. The molecule has 0 bridgehead atoms. The van der Waals surface area contributed by atoms with Crippen LogP contribution in [0.3, 0.4) is 0 Å². The minimum atomic E-state index is -0.342. The Morgan fingerprint density at radius 1 is 1.17 bits per heavy atom. The number of nitrogens with one attached hydrogen (secondary N) is 1. The molecule has 3 rings (SSSR count). The van der Waals surface area contributed by atoms with E-state index in [2.05, 4.69) is 10.3 Å². The lowest BCUT2D eigenvalue weighted by molar-refractivity contribution is -0.140. The monoisotopic (exact) mass is 363 g/mol. The molecule has 2 aromatic carbocycles. The fraction of sp³-hybridized carbons (Fsp3) is 0.176. The van der Waals surface area contributed by atoms with Gasteiger partial charge in [-0.05, 0) is 49.4 Å². The van der Waals surface area contributed by atoms with E-state index in [0.717, 1.165) is 16.7 Å². The predicted octanol–water partition coefficient (Wildman–Crippen LogP) is 4.31. The first kappa shape index (κ1) is 16.6. The summed E-state index contributed by atoms with van der Waals surface area (Å²) < 4.78 is 6.83. The standard InChI is InChI=1S/C17H15Cl2N3O2/c1-2-24-16(23)10-20-17-21-14-8-5-12(19)9-15(14)22(17)13-6-3-11(18)4-7-13/h3-9H,2,10H2,1H3,(H,20,21). The smallest absolute Gasteiger partial charge is 0.325 e. The molecule has 0 aliphatic rings. The van der Waals surface area contributed by atoms with Gasteiger partial charge < -0.3 is 10.1 Å². The summed E-state index contributed by atoms with van der Waals surface area (Å²) >= 11 is 12.1. The van der Waals surface area contributed by atoms with Gasteiger partial charge in [-0.15, -0.1) is 0 Å². The highest BCUT2D eigenvalue weighted by atomic mass is 35.5. The Morgan fingerprint density at radius 2 is 1.88 bits per heavy atom. The zero-order valence-corrected chi connectivity index (χ0v) is 14.4. The van der Waals surface area contributed by atoms with Crippen molar-refractivity contribution in [3.8, 4) is 5.69 Å². The van der Waals surface area contributed by atoms with Crippen molar-refractivity contribution in [3.05, 3.63) is 52.5 Å². The number of nitrogens with zero attached hydrogens (tertiary/aromatic N) is 2. The maximum Gasteiger partial charge on any atom is 0.325 e. The van der Waals surface area contributed by atoms with E-state index in [1.807, 2.05) is 28.8 Å².